The minimum absolute atomic E-state index is 0.00991. The van der Waals surface area contributed by atoms with E-state index in [1.807, 2.05) is 18.2 Å². The average Bonchev–Trinajstić information content (AvgIpc) is 2.34. The van der Waals surface area contributed by atoms with Crippen LogP contribution in [-0.2, 0) is 6.42 Å². The van der Waals surface area contributed by atoms with Crippen LogP contribution in [0.4, 0.5) is 0 Å². The lowest BCUT2D eigenvalue weighted by Crippen LogP contribution is -2.04. The van der Waals surface area contributed by atoms with Crippen LogP contribution >= 0.6 is 27.5 Å². The van der Waals surface area contributed by atoms with Crippen LogP contribution in [-0.4, -0.2) is 10.8 Å². The highest BCUT2D eigenvalue weighted by Crippen LogP contribution is 2.26. The molecule has 1 heterocycles. The van der Waals surface area contributed by atoms with Crippen LogP contribution in [0, 0.1) is 0 Å². The van der Waals surface area contributed by atoms with Crippen molar-refractivity contribution in [2.75, 3.05) is 0 Å². The molecule has 0 radical (unpaired) electrons. The number of benzene rings is 1. The summed E-state index contributed by atoms with van der Waals surface area (Å²) in [5.74, 6) is -0.00991. The van der Waals surface area contributed by atoms with Gasteiger partial charge in [-0.15, -0.1) is 0 Å². The van der Waals surface area contributed by atoms with Gasteiger partial charge in [0.25, 0.3) is 0 Å². The lowest BCUT2D eigenvalue weighted by molar-refractivity contribution is 0.0993. The summed E-state index contributed by atoms with van der Waals surface area (Å²) in [7, 11) is 0. The Labute approximate surface area is 113 Å². The summed E-state index contributed by atoms with van der Waals surface area (Å²) < 4.78 is 0.733. The summed E-state index contributed by atoms with van der Waals surface area (Å²) >= 11 is 9.37. The fourth-order valence-electron chi connectivity index (χ4n) is 1.50. The number of halogens is 2. The third-order valence-electron chi connectivity index (χ3n) is 2.34. The van der Waals surface area contributed by atoms with Crippen molar-refractivity contribution in [2.45, 2.75) is 6.42 Å². The van der Waals surface area contributed by atoms with Gasteiger partial charge in [-0.25, -0.2) is 0 Å². The predicted octanol–water partition coefficient (Wildman–Crippen LogP) is 3.92. The molecule has 0 atom stereocenters. The molecule has 0 spiro atoms. The standard InChI is InChI=1S/C13H9BrClNO/c14-11-5-1-4-10(13(11)15)12(17)7-9-3-2-6-16-8-9/h1-6,8H,7H2. The highest BCUT2D eigenvalue weighted by molar-refractivity contribution is 9.10. The first-order valence-corrected chi connectivity index (χ1v) is 6.21. The molecule has 86 valence electrons. The Kier molecular flexibility index (Phi) is 3.92. The molecule has 2 rings (SSSR count). The number of nitrogens with zero attached hydrogens (tertiary/aromatic N) is 1. The number of aromatic nitrogens is 1. The number of hydrogen-bond donors (Lipinski definition) is 0. The molecule has 0 saturated carbocycles. The van der Waals surface area contributed by atoms with Crippen LogP contribution in [0.25, 0.3) is 0 Å². The molecule has 0 N–H and O–H groups in total. The Morgan fingerprint density at radius 3 is 2.82 bits per heavy atom. The van der Waals surface area contributed by atoms with E-state index in [4.69, 9.17) is 11.6 Å². The maximum absolute atomic E-state index is 12.1. The first-order chi connectivity index (χ1) is 8.18. The zero-order chi connectivity index (χ0) is 12.3. The second kappa shape index (κ2) is 5.43. The first-order valence-electron chi connectivity index (χ1n) is 5.04. The minimum Gasteiger partial charge on any atom is -0.294 e. The lowest BCUT2D eigenvalue weighted by Gasteiger charge is -2.04. The molecular weight excluding hydrogens is 302 g/mol. The van der Waals surface area contributed by atoms with Crippen LogP contribution in [0.5, 0.6) is 0 Å². The van der Waals surface area contributed by atoms with E-state index in [0.29, 0.717) is 17.0 Å². The number of carbonyl (C=O) groups is 1. The Morgan fingerprint density at radius 2 is 2.12 bits per heavy atom. The molecule has 2 nitrogen and oxygen atoms in total. The van der Waals surface area contributed by atoms with Crippen LogP contribution in [0.3, 0.4) is 0 Å². The Hall–Kier alpha value is -1.19. The topological polar surface area (TPSA) is 30.0 Å². The van der Waals surface area contributed by atoms with Crippen molar-refractivity contribution >= 4 is 33.3 Å². The number of carbonyl (C=O) groups excluding carboxylic acids is 1. The number of pyridine rings is 1. The lowest BCUT2D eigenvalue weighted by atomic mass is 10.0. The van der Waals surface area contributed by atoms with Gasteiger partial charge in [0, 0.05) is 28.9 Å². The number of Topliss-reactive ketones (excluding diaryl/α,β-unsaturated/α-hetero) is 1. The molecule has 0 aliphatic carbocycles. The van der Waals surface area contributed by atoms with Crippen molar-refractivity contribution in [1.29, 1.82) is 0 Å². The van der Waals surface area contributed by atoms with E-state index < -0.39 is 0 Å². The van der Waals surface area contributed by atoms with Crippen molar-refractivity contribution in [1.82, 2.24) is 4.98 Å². The highest BCUT2D eigenvalue weighted by atomic mass is 79.9. The van der Waals surface area contributed by atoms with E-state index in [1.165, 1.54) is 0 Å². The largest absolute Gasteiger partial charge is 0.294 e. The summed E-state index contributed by atoms with van der Waals surface area (Å²) in [6, 6.07) is 9.02. The van der Waals surface area contributed by atoms with Crippen LogP contribution in [0.15, 0.2) is 47.2 Å². The Morgan fingerprint density at radius 1 is 1.29 bits per heavy atom. The highest BCUT2D eigenvalue weighted by Gasteiger charge is 2.12. The van der Waals surface area contributed by atoms with Crippen LogP contribution in [0.2, 0.25) is 5.02 Å². The molecule has 17 heavy (non-hydrogen) atoms. The summed E-state index contributed by atoms with van der Waals surface area (Å²) in [6.45, 7) is 0. The fraction of sp³-hybridized carbons (Fsp3) is 0.0769. The van der Waals surface area contributed by atoms with E-state index in [1.54, 1.807) is 24.5 Å². The van der Waals surface area contributed by atoms with E-state index in [9.17, 15) is 4.79 Å². The molecule has 1 aromatic carbocycles. The van der Waals surface area contributed by atoms with Crippen molar-refractivity contribution in [2.24, 2.45) is 0 Å². The Bertz CT molecular complexity index is 542. The molecule has 2 aromatic rings. The van der Waals surface area contributed by atoms with Crippen molar-refractivity contribution < 1.29 is 4.79 Å². The molecule has 4 heteroatoms. The second-order valence-electron chi connectivity index (χ2n) is 3.56. The quantitative estimate of drug-likeness (QED) is 0.804. The zero-order valence-electron chi connectivity index (χ0n) is 8.86. The van der Waals surface area contributed by atoms with Gasteiger partial charge in [0.15, 0.2) is 5.78 Å². The molecule has 0 saturated heterocycles. The summed E-state index contributed by atoms with van der Waals surface area (Å²) in [5.41, 5.74) is 1.42. The van der Waals surface area contributed by atoms with Gasteiger partial charge in [-0.3, -0.25) is 9.78 Å². The number of ketones is 1. The van der Waals surface area contributed by atoms with Crippen molar-refractivity contribution in [3.05, 3.63) is 63.3 Å². The van der Waals surface area contributed by atoms with E-state index >= 15 is 0 Å². The maximum atomic E-state index is 12.1. The van der Waals surface area contributed by atoms with Gasteiger partial charge in [-0.2, -0.15) is 0 Å². The monoisotopic (exact) mass is 309 g/mol. The van der Waals surface area contributed by atoms with Gasteiger partial charge in [-0.05, 0) is 39.7 Å². The first kappa shape index (κ1) is 12.3. The average molecular weight is 311 g/mol. The van der Waals surface area contributed by atoms with E-state index in [0.717, 1.165) is 10.0 Å². The summed E-state index contributed by atoms with van der Waals surface area (Å²) in [4.78, 5) is 16.0. The number of rotatable bonds is 3. The van der Waals surface area contributed by atoms with Gasteiger partial charge in [0.1, 0.15) is 0 Å². The fourth-order valence-corrected chi connectivity index (χ4v) is 2.10. The van der Waals surface area contributed by atoms with E-state index in [-0.39, 0.29) is 5.78 Å². The smallest absolute Gasteiger partial charge is 0.168 e. The maximum Gasteiger partial charge on any atom is 0.168 e. The third-order valence-corrected chi connectivity index (χ3v) is 3.64. The molecule has 0 amide bonds. The minimum atomic E-state index is -0.00991. The SMILES string of the molecule is O=C(Cc1cccnc1)c1cccc(Br)c1Cl. The van der Waals surface area contributed by atoms with Gasteiger partial charge in [-0.1, -0.05) is 23.7 Å². The van der Waals surface area contributed by atoms with Crippen LogP contribution in [0.1, 0.15) is 15.9 Å². The van der Waals surface area contributed by atoms with Crippen LogP contribution < -0.4 is 0 Å². The van der Waals surface area contributed by atoms with Gasteiger partial charge < -0.3 is 0 Å². The molecule has 0 aliphatic heterocycles. The zero-order valence-corrected chi connectivity index (χ0v) is 11.2. The number of hydrogen-bond acceptors (Lipinski definition) is 2. The van der Waals surface area contributed by atoms with E-state index in [2.05, 4.69) is 20.9 Å². The predicted molar refractivity (Wildman–Crippen MR) is 71.4 cm³/mol. The summed E-state index contributed by atoms with van der Waals surface area (Å²) in [6.07, 6.45) is 3.67. The summed E-state index contributed by atoms with van der Waals surface area (Å²) in [5, 5.41) is 0.460. The molecule has 0 unspecified atom stereocenters. The van der Waals surface area contributed by atoms with Crippen molar-refractivity contribution in [3.8, 4) is 0 Å². The molecule has 0 bridgehead atoms. The van der Waals surface area contributed by atoms with Gasteiger partial charge in [0.2, 0.25) is 0 Å². The van der Waals surface area contributed by atoms with Gasteiger partial charge >= 0.3 is 0 Å². The normalized spacial score (nSPS) is 10.2. The van der Waals surface area contributed by atoms with Gasteiger partial charge in [0.05, 0.1) is 5.02 Å². The molecule has 0 fully saturated rings. The second-order valence-corrected chi connectivity index (χ2v) is 4.79. The Balaban J connectivity index is 2.24. The van der Waals surface area contributed by atoms with Crippen molar-refractivity contribution in [3.63, 3.8) is 0 Å². The molecule has 0 aliphatic rings. The molecular formula is C13H9BrClNO. The molecule has 1 aromatic heterocycles. The third kappa shape index (κ3) is 2.93.